The summed E-state index contributed by atoms with van der Waals surface area (Å²) in [7, 11) is 1.59. The molecule has 0 atom stereocenters. The third-order valence-electron chi connectivity index (χ3n) is 2.85. The molecule has 1 N–H and O–H groups in total. The molecule has 1 aromatic carbocycles. The van der Waals surface area contributed by atoms with Crippen molar-refractivity contribution in [2.75, 3.05) is 11.9 Å². The highest BCUT2D eigenvalue weighted by atomic mass is 32.1. The first-order chi connectivity index (χ1) is 10.7. The number of aromatic nitrogens is 1. The van der Waals surface area contributed by atoms with Crippen LogP contribution in [-0.4, -0.2) is 34.8 Å². The summed E-state index contributed by atoms with van der Waals surface area (Å²) >= 11 is 1.29. The van der Waals surface area contributed by atoms with Crippen molar-refractivity contribution in [2.45, 2.75) is 26.4 Å². The van der Waals surface area contributed by atoms with Gasteiger partial charge in [0.15, 0.2) is 5.13 Å². The van der Waals surface area contributed by atoms with Gasteiger partial charge in [-0.05, 0) is 32.9 Å². The number of hydrogen-bond donors (Lipinski definition) is 1. The number of benzene rings is 1. The molecular weight excluding hydrogens is 316 g/mol. The molecule has 2 aromatic rings. The van der Waals surface area contributed by atoms with Gasteiger partial charge in [-0.25, -0.2) is 14.6 Å². The Morgan fingerprint density at radius 3 is 2.61 bits per heavy atom. The monoisotopic (exact) mass is 334 g/mol. The predicted molar refractivity (Wildman–Crippen MR) is 89.1 cm³/mol. The van der Waals surface area contributed by atoms with E-state index in [9.17, 15) is 9.59 Å². The van der Waals surface area contributed by atoms with E-state index in [1.165, 1.54) is 22.3 Å². The largest absolute Gasteiger partial charge is 0.478 e. The summed E-state index contributed by atoms with van der Waals surface area (Å²) < 4.78 is 5.30. The molecule has 0 saturated heterocycles. The minimum Gasteiger partial charge on any atom is -0.478 e. The van der Waals surface area contributed by atoms with E-state index < -0.39 is 17.7 Å². The Bertz CT molecular complexity index is 734. The number of amides is 1. The van der Waals surface area contributed by atoms with Crippen molar-refractivity contribution >= 4 is 28.5 Å². The lowest BCUT2D eigenvalue weighted by atomic mass is 10.1. The highest BCUT2D eigenvalue weighted by molar-refractivity contribution is 7.14. The van der Waals surface area contributed by atoms with E-state index in [-0.39, 0.29) is 5.56 Å². The Labute approximate surface area is 138 Å². The molecular formula is C16H18N2O4S. The third-order valence-corrected chi connectivity index (χ3v) is 3.77. The average Bonchev–Trinajstić information content (AvgIpc) is 2.94. The Kier molecular flexibility index (Phi) is 4.70. The van der Waals surface area contributed by atoms with E-state index in [1.807, 2.05) is 0 Å². The van der Waals surface area contributed by atoms with Gasteiger partial charge in [0.05, 0.1) is 11.3 Å². The van der Waals surface area contributed by atoms with Gasteiger partial charge in [-0.2, -0.15) is 0 Å². The number of aromatic carboxylic acids is 1. The van der Waals surface area contributed by atoms with Gasteiger partial charge in [-0.15, -0.1) is 11.3 Å². The minimum atomic E-state index is -0.992. The van der Waals surface area contributed by atoms with Crippen LogP contribution in [0.3, 0.4) is 0 Å². The van der Waals surface area contributed by atoms with Crippen LogP contribution in [-0.2, 0) is 4.74 Å². The van der Waals surface area contributed by atoms with Crippen LogP contribution >= 0.6 is 11.3 Å². The van der Waals surface area contributed by atoms with E-state index in [0.717, 1.165) is 0 Å². The molecule has 1 aromatic heterocycles. The molecule has 0 aliphatic heterocycles. The molecule has 122 valence electrons. The molecule has 6 nitrogen and oxygen atoms in total. The lowest BCUT2D eigenvalue weighted by Crippen LogP contribution is -2.34. The van der Waals surface area contributed by atoms with E-state index >= 15 is 0 Å². The summed E-state index contributed by atoms with van der Waals surface area (Å²) in [5.41, 5.74) is 0.910. The summed E-state index contributed by atoms with van der Waals surface area (Å²) in [6.07, 6.45) is -0.488. The molecule has 0 radical (unpaired) electrons. The fraction of sp³-hybridized carbons (Fsp3) is 0.312. The highest BCUT2D eigenvalue weighted by Gasteiger charge is 2.22. The molecule has 0 bridgehead atoms. The molecule has 2 rings (SSSR count). The van der Waals surface area contributed by atoms with Crippen molar-refractivity contribution in [1.82, 2.24) is 4.98 Å². The molecule has 0 unspecified atom stereocenters. The first-order valence-corrected chi connectivity index (χ1v) is 7.81. The normalized spacial score (nSPS) is 11.1. The van der Waals surface area contributed by atoms with Crippen LogP contribution in [0.2, 0.25) is 0 Å². The summed E-state index contributed by atoms with van der Waals surface area (Å²) in [4.78, 5) is 28.8. The molecule has 1 amide bonds. The summed E-state index contributed by atoms with van der Waals surface area (Å²) in [5.74, 6) is -0.992. The zero-order valence-corrected chi connectivity index (χ0v) is 14.2. The molecule has 1 heterocycles. The van der Waals surface area contributed by atoms with Gasteiger partial charge < -0.3 is 9.84 Å². The van der Waals surface area contributed by atoms with Crippen LogP contribution < -0.4 is 4.90 Å². The number of carboxylic acid groups (broad SMARTS) is 1. The Morgan fingerprint density at radius 1 is 1.30 bits per heavy atom. The fourth-order valence-corrected chi connectivity index (χ4v) is 2.56. The molecule has 0 fully saturated rings. The molecule has 0 spiro atoms. The van der Waals surface area contributed by atoms with Crippen LogP contribution in [0.1, 0.15) is 31.1 Å². The van der Waals surface area contributed by atoms with Crippen molar-refractivity contribution in [3.63, 3.8) is 0 Å². The van der Waals surface area contributed by atoms with Crippen LogP contribution in [0.25, 0.3) is 11.3 Å². The number of carbonyl (C=O) groups excluding carboxylic acids is 1. The van der Waals surface area contributed by atoms with Crippen molar-refractivity contribution in [2.24, 2.45) is 0 Å². The molecule has 0 aliphatic rings. The number of rotatable bonds is 3. The van der Waals surface area contributed by atoms with Crippen LogP contribution in [0, 0.1) is 0 Å². The van der Waals surface area contributed by atoms with Gasteiger partial charge in [0.25, 0.3) is 0 Å². The van der Waals surface area contributed by atoms with E-state index in [2.05, 4.69) is 4.98 Å². The molecule has 0 aliphatic carbocycles. The van der Waals surface area contributed by atoms with Gasteiger partial charge in [0, 0.05) is 18.0 Å². The van der Waals surface area contributed by atoms with E-state index in [0.29, 0.717) is 16.4 Å². The number of thiazole rings is 1. The van der Waals surface area contributed by atoms with Gasteiger partial charge in [0.1, 0.15) is 5.60 Å². The standard InChI is InChI=1S/C16H18N2O4S/c1-16(2,3)22-15(21)18(4)14-17-12(9-23-14)10-6-5-7-11(8-10)13(19)20/h5-9H,1-4H3,(H,19,20). The lowest BCUT2D eigenvalue weighted by molar-refractivity contribution is 0.0588. The maximum atomic E-state index is 12.0. The average molecular weight is 334 g/mol. The minimum absolute atomic E-state index is 0.192. The lowest BCUT2D eigenvalue weighted by Gasteiger charge is -2.23. The maximum Gasteiger partial charge on any atom is 0.416 e. The molecule has 23 heavy (non-hydrogen) atoms. The van der Waals surface area contributed by atoms with Crippen LogP contribution in [0.4, 0.5) is 9.93 Å². The van der Waals surface area contributed by atoms with Crippen molar-refractivity contribution in [3.8, 4) is 11.3 Å². The first-order valence-electron chi connectivity index (χ1n) is 6.93. The number of nitrogens with zero attached hydrogens (tertiary/aromatic N) is 2. The number of anilines is 1. The predicted octanol–water partition coefficient (Wildman–Crippen LogP) is 3.88. The smallest absolute Gasteiger partial charge is 0.416 e. The number of hydrogen-bond acceptors (Lipinski definition) is 5. The number of carbonyl (C=O) groups is 2. The topological polar surface area (TPSA) is 79.7 Å². The van der Waals surface area contributed by atoms with Crippen molar-refractivity contribution in [1.29, 1.82) is 0 Å². The van der Waals surface area contributed by atoms with Crippen molar-refractivity contribution in [3.05, 3.63) is 35.2 Å². The van der Waals surface area contributed by atoms with E-state index in [4.69, 9.17) is 9.84 Å². The second-order valence-corrected chi connectivity index (χ2v) is 6.78. The second-order valence-electron chi connectivity index (χ2n) is 5.94. The Hall–Kier alpha value is -2.41. The maximum absolute atomic E-state index is 12.0. The quantitative estimate of drug-likeness (QED) is 0.921. The summed E-state index contributed by atoms with van der Waals surface area (Å²) in [6, 6.07) is 6.51. The SMILES string of the molecule is CN(C(=O)OC(C)(C)C)c1nc(-c2cccc(C(=O)O)c2)cs1. The van der Waals surface area contributed by atoms with Crippen molar-refractivity contribution < 1.29 is 19.4 Å². The second kappa shape index (κ2) is 6.37. The first kappa shape index (κ1) is 17.0. The summed E-state index contributed by atoms with van der Waals surface area (Å²) in [5, 5.41) is 11.3. The zero-order chi connectivity index (χ0) is 17.2. The Balaban J connectivity index is 2.22. The highest BCUT2D eigenvalue weighted by Crippen LogP contribution is 2.28. The van der Waals surface area contributed by atoms with Gasteiger partial charge in [0.2, 0.25) is 0 Å². The molecule has 0 saturated carbocycles. The van der Waals surface area contributed by atoms with Crippen LogP contribution in [0.15, 0.2) is 29.6 Å². The zero-order valence-electron chi connectivity index (χ0n) is 13.4. The summed E-state index contributed by atoms with van der Waals surface area (Å²) in [6.45, 7) is 5.39. The third kappa shape index (κ3) is 4.29. The number of ether oxygens (including phenoxy) is 1. The van der Waals surface area contributed by atoms with E-state index in [1.54, 1.807) is 51.4 Å². The molecule has 7 heteroatoms. The van der Waals surface area contributed by atoms with Gasteiger partial charge in [-0.1, -0.05) is 12.1 Å². The van der Waals surface area contributed by atoms with Gasteiger partial charge in [-0.3, -0.25) is 4.90 Å². The van der Waals surface area contributed by atoms with Gasteiger partial charge >= 0.3 is 12.1 Å². The van der Waals surface area contributed by atoms with Crippen LogP contribution in [0.5, 0.6) is 0 Å². The fourth-order valence-electron chi connectivity index (χ4n) is 1.77. The number of carboxylic acids is 1. The Morgan fingerprint density at radius 2 is 2.00 bits per heavy atom.